The van der Waals surface area contributed by atoms with Gasteiger partial charge in [0.1, 0.15) is 5.75 Å². The monoisotopic (exact) mass is 256 g/mol. The fourth-order valence-corrected chi connectivity index (χ4v) is 1.53. The van der Waals surface area contributed by atoms with Crippen LogP contribution >= 0.6 is 11.6 Å². The molecule has 0 spiro atoms. The summed E-state index contributed by atoms with van der Waals surface area (Å²) in [6.45, 7) is 1.07. The summed E-state index contributed by atoms with van der Waals surface area (Å²) in [4.78, 5) is 12.8. The number of carbonyl (C=O) groups is 1. The molecule has 0 unspecified atom stereocenters. The Bertz CT molecular complexity index is 394. The molecular formula is C12H17ClN2O2. The van der Waals surface area contributed by atoms with Crippen molar-refractivity contribution >= 4 is 17.5 Å². The highest BCUT2D eigenvalue weighted by atomic mass is 35.5. The van der Waals surface area contributed by atoms with E-state index in [1.807, 2.05) is 0 Å². The van der Waals surface area contributed by atoms with Crippen LogP contribution in [0.2, 0.25) is 5.02 Å². The van der Waals surface area contributed by atoms with Crippen molar-refractivity contribution in [2.45, 2.75) is 13.0 Å². The predicted octanol–water partition coefficient (Wildman–Crippen LogP) is 1.61. The van der Waals surface area contributed by atoms with Crippen molar-refractivity contribution in [2.75, 3.05) is 20.6 Å². The molecule has 0 aliphatic carbocycles. The third-order valence-electron chi connectivity index (χ3n) is 2.37. The fraction of sp³-hybridized carbons (Fsp3) is 0.417. The summed E-state index contributed by atoms with van der Waals surface area (Å²) >= 11 is 5.82. The molecule has 1 aromatic rings. The summed E-state index contributed by atoms with van der Waals surface area (Å²) in [5, 5.41) is 13.2. The van der Waals surface area contributed by atoms with Crippen LogP contribution in [0.1, 0.15) is 12.0 Å². The van der Waals surface area contributed by atoms with E-state index < -0.39 is 0 Å². The number of halogens is 1. The lowest BCUT2D eigenvalue weighted by atomic mass is 10.2. The molecule has 0 saturated heterocycles. The van der Waals surface area contributed by atoms with E-state index in [-0.39, 0.29) is 11.7 Å². The van der Waals surface area contributed by atoms with Gasteiger partial charge in [0.25, 0.3) is 0 Å². The molecule has 17 heavy (non-hydrogen) atoms. The van der Waals surface area contributed by atoms with E-state index in [4.69, 9.17) is 11.6 Å². The van der Waals surface area contributed by atoms with Gasteiger partial charge in [-0.15, -0.1) is 0 Å². The van der Waals surface area contributed by atoms with Crippen LogP contribution in [0, 0.1) is 0 Å². The van der Waals surface area contributed by atoms with Crippen molar-refractivity contribution in [2.24, 2.45) is 0 Å². The molecule has 0 aliphatic rings. The van der Waals surface area contributed by atoms with Crippen molar-refractivity contribution in [3.63, 3.8) is 0 Å². The lowest BCUT2D eigenvalue weighted by Crippen LogP contribution is -2.26. The first-order valence-corrected chi connectivity index (χ1v) is 5.76. The molecule has 0 aliphatic heterocycles. The number of benzene rings is 1. The maximum absolute atomic E-state index is 11.3. The van der Waals surface area contributed by atoms with E-state index in [1.54, 1.807) is 37.2 Å². The molecule has 1 amide bonds. The van der Waals surface area contributed by atoms with Gasteiger partial charge < -0.3 is 15.3 Å². The molecule has 2 N–H and O–H groups in total. The third-order valence-corrected chi connectivity index (χ3v) is 2.61. The van der Waals surface area contributed by atoms with Gasteiger partial charge in [0.15, 0.2) is 0 Å². The standard InChI is InChI=1S/C12H17ClN2O2/c1-15(2)12(17)5-6-14-8-9-7-10(13)3-4-11(9)16/h3-4,7,14,16H,5-6,8H2,1-2H3. The number of hydrogen-bond donors (Lipinski definition) is 2. The number of aromatic hydroxyl groups is 1. The maximum atomic E-state index is 11.3. The summed E-state index contributed by atoms with van der Waals surface area (Å²) in [6, 6.07) is 4.90. The molecule has 94 valence electrons. The van der Waals surface area contributed by atoms with E-state index in [0.29, 0.717) is 24.5 Å². The topological polar surface area (TPSA) is 52.6 Å². The molecule has 4 nitrogen and oxygen atoms in total. The Morgan fingerprint density at radius 2 is 2.18 bits per heavy atom. The molecular weight excluding hydrogens is 240 g/mol. The van der Waals surface area contributed by atoms with Gasteiger partial charge in [0.2, 0.25) is 5.91 Å². The number of hydrogen-bond acceptors (Lipinski definition) is 3. The molecule has 0 bridgehead atoms. The summed E-state index contributed by atoms with van der Waals surface area (Å²) in [5.74, 6) is 0.286. The maximum Gasteiger partial charge on any atom is 0.223 e. The van der Waals surface area contributed by atoms with Gasteiger partial charge in [0, 0.05) is 44.2 Å². The van der Waals surface area contributed by atoms with E-state index >= 15 is 0 Å². The van der Waals surface area contributed by atoms with Crippen LogP contribution in [0.4, 0.5) is 0 Å². The molecule has 0 atom stereocenters. The van der Waals surface area contributed by atoms with Crippen molar-refractivity contribution in [1.29, 1.82) is 0 Å². The Hall–Kier alpha value is -1.26. The zero-order valence-corrected chi connectivity index (χ0v) is 10.8. The highest BCUT2D eigenvalue weighted by Crippen LogP contribution is 2.20. The molecule has 0 heterocycles. The van der Waals surface area contributed by atoms with Gasteiger partial charge in [0.05, 0.1) is 0 Å². The number of amides is 1. The Balaban J connectivity index is 2.36. The summed E-state index contributed by atoms with van der Waals surface area (Å²) in [6.07, 6.45) is 0.439. The molecule has 0 radical (unpaired) electrons. The second-order valence-electron chi connectivity index (χ2n) is 3.99. The van der Waals surface area contributed by atoms with E-state index in [1.165, 1.54) is 0 Å². The highest BCUT2D eigenvalue weighted by molar-refractivity contribution is 6.30. The fourth-order valence-electron chi connectivity index (χ4n) is 1.34. The van der Waals surface area contributed by atoms with Crippen molar-refractivity contribution in [3.05, 3.63) is 28.8 Å². The third kappa shape index (κ3) is 4.63. The first kappa shape index (κ1) is 13.8. The van der Waals surface area contributed by atoms with Crippen LogP contribution in [0.25, 0.3) is 0 Å². The quantitative estimate of drug-likeness (QED) is 0.787. The van der Waals surface area contributed by atoms with Gasteiger partial charge in [-0.3, -0.25) is 4.79 Å². The van der Waals surface area contributed by atoms with E-state index in [0.717, 1.165) is 5.56 Å². The lowest BCUT2D eigenvalue weighted by molar-refractivity contribution is -0.128. The minimum atomic E-state index is 0.0767. The largest absolute Gasteiger partial charge is 0.508 e. The van der Waals surface area contributed by atoms with E-state index in [9.17, 15) is 9.90 Å². The summed E-state index contributed by atoms with van der Waals surface area (Å²) in [5.41, 5.74) is 0.731. The Kier molecular flexibility index (Phi) is 5.25. The van der Waals surface area contributed by atoms with Crippen LogP contribution in [-0.2, 0) is 11.3 Å². The van der Waals surface area contributed by atoms with Gasteiger partial charge in [-0.25, -0.2) is 0 Å². The van der Waals surface area contributed by atoms with Crippen molar-refractivity contribution in [1.82, 2.24) is 10.2 Å². The van der Waals surface area contributed by atoms with Crippen LogP contribution in [-0.4, -0.2) is 36.6 Å². The van der Waals surface area contributed by atoms with Gasteiger partial charge in [-0.05, 0) is 18.2 Å². The summed E-state index contributed by atoms with van der Waals surface area (Å²) < 4.78 is 0. The zero-order valence-electron chi connectivity index (χ0n) is 10.0. The number of carbonyl (C=O) groups excluding carboxylic acids is 1. The molecule has 1 rings (SSSR count). The summed E-state index contributed by atoms with van der Waals surface area (Å²) in [7, 11) is 3.45. The van der Waals surface area contributed by atoms with Crippen LogP contribution in [0.3, 0.4) is 0 Å². The smallest absolute Gasteiger partial charge is 0.223 e. The number of nitrogens with zero attached hydrogens (tertiary/aromatic N) is 1. The number of phenolic OH excluding ortho intramolecular Hbond substituents is 1. The van der Waals surface area contributed by atoms with Crippen LogP contribution in [0.15, 0.2) is 18.2 Å². The minimum Gasteiger partial charge on any atom is -0.508 e. The molecule has 0 fully saturated rings. The number of phenols is 1. The highest BCUT2D eigenvalue weighted by Gasteiger charge is 2.04. The van der Waals surface area contributed by atoms with Crippen LogP contribution in [0.5, 0.6) is 5.75 Å². The van der Waals surface area contributed by atoms with Crippen LogP contribution < -0.4 is 5.32 Å². The minimum absolute atomic E-state index is 0.0767. The molecule has 0 aromatic heterocycles. The van der Waals surface area contributed by atoms with Gasteiger partial charge >= 0.3 is 0 Å². The predicted molar refractivity (Wildman–Crippen MR) is 68.1 cm³/mol. The second-order valence-corrected chi connectivity index (χ2v) is 4.42. The average molecular weight is 257 g/mol. The first-order chi connectivity index (χ1) is 8.00. The van der Waals surface area contributed by atoms with E-state index in [2.05, 4.69) is 5.32 Å². The normalized spacial score (nSPS) is 10.3. The number of nitrogens with one attached hydrogen (secondary N) is 1. The lowest BCUT2D eigenvalue weighted by Gasteiger charge is -2.11. The SMILES string of the molecule is CN(C)C(=O)CCNCc1cc(Cl)ccc1O. The number of rotatable bonds is 5. The average Bonchev–Trinajstić information content (AvgIpc) is 2.28. The van der Waals surface area contributed by atoms with Crippen molar-refractivity contribution < 1.29 is 9.90 Å². The Morgan fingerprint density at radius 1 is 1.47 bits per heavy atom. The molecule has 5 heteroatoms. The van der Waals surface area contributed by atoms with Gasteiger partial charge in [-0.2, -0.15) is 0 Å². The Labute approximate surface area is 106 Å². The zero-order chi connectivity index (χ0) is 12.8. The van der Waals surface area contributed by atoms with Gasteiger partial charge in [-0.1, -0.05) is 11.6 Å². The first-order valence-electron chi connectivity index (χ1n) is 5.39. The molecule has 0 saturated carbocycles. The Morgan fingerprint density at radius 3 is 2.82 bits per heavy atom. The second kappa shape index (κ2) is 6.47. The van der Waals surface area contributed by atoms with Crippen molar-refractivity contribution in [3.8, 4) is 5.75 Å². The molecule has 1 aromatic carbocycles.